The van der Waals surface area contributed by atoms with Crippen molar-refractivity contribution >= 4 is 11.6 Å². The molecule has 4 rings (SSSR count). The minimum atomic E-state index is -0.596. The predicted octanol–water partition coefficient (Wildman–Crippen LogP) is 4.15. The Kier molecular flexibility index (Phi) is 6.00. The van der Waals surface area contributed by atoms with Gasteiger partial charge in [-0.2, -0.15) is 0 Å². The van der Waals surface area contributed by atoms with Crippen molar-refractivity contribution in [3.05, 3.63) is 83.9 Å². The van der Waals surface area contributed by atoms with Gasteiger partial charge in [0.25, 0.3) is 0 Å². The Hall–Kier alpha value is -2.99. The summed E-state index contributed by atoms with van der Waals surface area (Å²) < 4.78 is 13.1. The number of aromatic nitrogens is 2. The summed E-state index contributed by atoms with van der Waals surface area (Å²) in [6, 6.07) is 18.3. The third-order valence-corrected chi connectivity index (χ3v) is 5.47. The van der Waals surface area contributed by atoms with Crippen molar-refractivity contribution in [3.8, 4) is 0 Å². The average molecular weight is 392 g/mol. The molecule has 150 valence electrons. The number of hydrogen-bond acceptors (Lipinski definition) is 5. The monoisotopic (exact) mass is 392 g/mol. The van der Waals surface area contributed by atoms with E-state index in [1.807, 2.05) is 48.5 Å². The number of anilines is 2. The van der Waals surface area contributed by atoms with Crippen LogP contribution < -0.4 is 10.2 Å². The summed E-state index contributed by atoms with van der Waals surface area (Å²) in [5.74, 6) is 1.84. The van der Waals surface area contributed by atoms with E-state index in [1.165, 1.54) is 17.7 Å². The lowest BCUT2D eigenvalue weighted by molar-refractivity contribution is 0.191. The molecule has 6 heteroatoms. The smallest absolute Gasteiger partial charge is 0.134 e. The third kappa shape index (κ3) is 4.90. The number of aliphatic hydroxyl groups is 1. The average Bonchev–Trinajstić information content (AvgIpc) is 2.79. The summed E-state index contributed by atoms with van der Waals surface area (Å²) in [5.41, 5.74) is 2.07. The molecule has 1 aliphatic rings. The molecule has 1 atom stereocenters. The van der Waals surface area contributed by atoms with Gasteiger partial charge in [0.15, 0.2) is 0 Å². The van der Waals surface area contributed by atoms with Crippen molar-refractivity contribution in [2.75, 3.05) is 29.9 Å². The Balaban J connectivity index is 1.33. The van der Waals surface area contributed by atoms with E-state index in [0.717, 1.165) is 37.3 Å². The van der Waals surface area contributed by atoms with E-state index >= 15 is 0 Å². The maximum atomic E-state index is 13.1. The highest BCUT2D eigenvalue weighted by atomic mass is 19.1. The van der Waals surface area contributed by atoms with Crippen molar-refractivity contribution in [3.63, 3.8) is 0 Å². The zero-order valence-electron chi connectivity index (χ0n) is 16.2. The zero-order valence-corrected chi connectivity index (χ0v) is 16.2. The Morgan fingerprint density at radius 1 is 1.03 bits per heavy atom. The molecule has 0 amide bonds. The minimum absolute atomic E-state index is 0.190. The Morgan fingerprint density at radius 2 is 1.76 bits per heavy atom. The quantitative estimate of drug-likeness (QED) is 0.660. The van der Waals surface area contributed by atoms with E-state index in [4.69, 9.17) is 0 Å². The standard InChI is InChI=1S/C23H25FN4O/c24-20-8-6-17(7-9-20)18-10-12-28(13-11-18)23-14-22(26-16-27-23)25-15-21(29)19-4-2-1-3-5-19/h1-9,14,16,18,21,29H,10-13,15H2,(H,25,26,27). The van der Waals surface area contributed by atoms with Crippen molar-refractivity contribution in [2.24, 2.45) is 0 Å². The number of piperidine rings is 1. The summed E-state index contributed by atoms with van der Waals surface area (Å²) in [6.45, 7) is 2.17. The Morgan fingerprint density at radius 3 is 2.48 bits per heavy atom. The summed E-state index contributed by atoms with van der Waals surface area (Å²) in [6.07, 6.45) is 2.97. The van der Waals surface area contributed by atoms with Crippen molar-refractivity contribution in [2.45, 2.75) is 24.9 Å². The van der Waals surface area contributed by atoms with Crippen LogP contribution in [0.5, 0.6) is 0 Å². The molecule has 0 radical (unpaired) electrons. The van der Waals surface area contributed by atoms with Crippen LogP contribution >= 0.6 is 0 Å². The highest BCUT2D eigenvalue weighted by molar-refractivity contribution is 5.49. The first-order valence-corrected chi connectivity index (χ1v) is 9.98. The fraction of sp³-hybridized carbons (Fsp3) is 0.304. The molecule has 0 saturated carbocycles. The van der Waals surface area contributed by atoms with Gasteiger partial charge in [0, 0.05) is 25.7 Å². The first kappa shape index (κ1) is 19.3. The van der Waals surface area contributed by atoms with Crippen LogP contribution in [0, 0.1) is 5.82 Å². The van der Waals surface area contributed by atoms with Crippen LogP contribution in [0.4, 0.5) is 16.0 Å². The van der Waals surface area contributed by atoms with Crippen molar-refractivity contribution in [1.29, 1.82) is 0 Å². The van der Waals surface area contributed by atoms with Gasteiger partial charge in [0.1, 0.15) is 23.8 Å². The van der Waals surface area contributed by atoms with Gasteiger partial charge in [0.2, 0.25) is 0 Å². The third-order valence-electron chi connectivity index (χ3n) is 5.47. The van der Waals surface area contributed by atoms with Gasteiger partial charge in [-0.25, -0.2) is 14.4 Å². The van der Waals surface area contributed by atoms with Crippen LogP contribution in [-0.2, 0) is 0 Å². The summed E-state index contributed by atoms with van der Waals surface area (Å²) in [4.78, 5) is 10.9. The molecule has 2 aromatic carbocycles. The largest absolute Gasteiger partial charge is 0.387 e. The molecule has 1 fully saturated rings. The number of rotatable bonds is 6. The second-order valence-corrected chi connectivity index (χ2v) is 7.38. The van der Waals surface area contributed by atoms with E-state index in [9.17, 15) is 9.50 Å². The summed E-state index contributed by atoms with van der Waals surface area (Å²) in [7, 11) is 0. The molecular weight excluding hydrogens is 367 g/mol. The van der Waals surface area contributed by atoms with Crippen LogP contribution in [0.25, 0.3) is 0 Å². The topological polar surface area (TPSA) is 61.3 Å². The van der Waals surface area contributed by atoms with Crippen LogP contribution in [0.3, 0.4) is 0 Å². The predicted molar refractivity (Wildman–Crippen MR) is 113 cm³/mol. The Bertz CT molecular complexity index is 912. The van der Waals surface area contributed by atoms with Crippen LogP contribution in [0.1, 0.15) is 36.0 Å². The van der Waals surface area contributed by atoms with Crippen molar-refractivity contribution in [1.82, 2.24) is 9.97 Å². The number of hydrogen-bond donors (Lipinski definition) is 2. The van der Waals surface area contributed by atoms with E-state index in [1.54, 1.807) is 6.33 Å². The van der Waals surface area contributed by atoms with Crippen LogP contribution in [-0.4, -0.2) is 34.7 Å². The highest BCUT2D eigenvalue weighted by Crippen LogP contribution is 2.30. The first-order valence-electron chi connectivity index (χ1n) is 9.98. The summed E-state index contributed by atoms with van der Waals surface area (Å²) in [5, 5.41) is 13.5. The lowest BCUT2D eigenvalue weighted by Crippen LogP contribution is -2.33. The van der Waals surface area contributed by atoms with E-state index in [0.29, 0.717) is 18.3 Å². The first-order chi connectivity index (χ1) is 14.2. The maximum Gasteiger partial charge on any atom is 0.134 e. The molecule has 1 aromatic heterocycles. The highest BCUT2D eigenvalue weighted by Gasteiger charge is 2.22. The van der Waals surface area contributed by atoms with Gasteiger partial charge in [-0.3, -0.25) is 0 Å². The lowest BCUT2D eigenvalue weighted by atomic mass is 9.89. The molecule has 3 aromatic rings. The number of halogens is 1. The molecule has 2 N–H and O–H groups in total. The number of benzene rings is 2. The number of aliphatic hydroxyl groups excluding tert-OH is 1. The minimum Gasteiger partial charge on any atom is -0.387 e. The number of nitrogens with zero attached hydrogens (tertiary/aromatic N) is 3. The normalized spacial score (nSPS) is 15.9. The number of nitrogens with one attached hydrogen (secondary N) is 1. The molecule has 0 spiro atoms. The van der Waals surface area contributed by atoms with Gasteiger partial charge in [-0.15, -0.1) is 0 Å². The van der Waals surface area contributed by atoms with Gasteiger partial charge in [-0.05, 0) is 42.0 Å². The lowest BCUT2D eigenvalue weighted by Gasteiger charge is -2.33. The summed E-state index contributed by atoms with van der Waals surface area (Å²) >= 11 is 0. The molecule has 0 aliphatic carbocycles. The molecule has 1 aliphatic heterocycles. The molecule has 1 unspecified atom stereocenters. The fourth-order valence-electron chi connectivity index (χ4n) is 3.79. The molecule has 1 saturated heterocycles. The fourth-order valence-corrected chi connectivity index (χ4v) is 3.79. The van der Waals surface area contributed by atoms with E-state index in [-0.39, 0.29) is 5.82 Å². The molecule has 0 bridgehead atoms. The molecule has 2 heterocycles. The van der Waals surface area contributed by atoms with Crippen LogP contribution in [0.15, 0.2) is 67.0 Å². The Labute approximate surface area is 170 Å². The second-order valence-electron chi connectivity index (χ2n) is 7.38. The van der Waals surface area contributed by atoms with Gasteiger partial charge in [0.05, 0.1) is 6.10 Å². The zero-order chi connectivity index (χ0) is 20.1. The maximum absolute atomic E-state index is 13.1. The second kappa shape index (κ2) is 9.01. The van der Waals surface area contributed by atoms with Gasteiger partial charge < -0.3 is 15.3 Å². The van der Waals surface area contributed by atoms with E-state index < -0.39 is 6.10 Å². The van der Waals surface area contributed by atoms with Crippen LogP contribution in [0.2, 0.25) is 0 Å². The molecule has 29 heavy (non-hydrogen) atoms. The molecule has 5 nitrogen and oxygen atoms in total. The molecular formula is C23H25FN4O. The van der Waals surface area contributed by atoms with Gasteiger partial charge >= 0.3 is 0 Å². The SMILES string of the molecule is OC(CNc1cc(N2CCC(c3ccc(F)cc3)CC2)ncn1)c1ccccc1. The van der Waals surface area contributed by atoms with Crippen molar-refractivity contribution < 1.29 is 9.50 Å². The van der Waals surface area contributed by atoms with Gasteiger partial charge in [-0.1, -0.05) is 42.5 Å². The van der Waals surface area contributed by atoms with E-state index in [2.05, 4.69) is 20.2 Å².